The fourth-order valence-electron chi connectivity index (χ4n) is 3.64. The van der Waals surface area contributed by atoms with E-state index in [-0.39, 0.29) is 5.91 Å². The van der Waals surface area contributed by atoms with Crippen molar-refractivity contribution in [1.29, 1.82) is 0 Å². The maximum absolute atomic E-state index is 12.6. The first-order chi connectivity index (χ1) is 11.2. The van der Waals surface area contributed by atoms with Gasteiger partial charge in [-0.1, -0.05) is 0 Å². The molecule has 1 N–H and O–H groups in total. The van der Waals surface area contributed by atoms with Crippen molar-refractivity contribution in [1.82, 2.24) is 9.80 Å². The molecule has 3 heterocycles. The third kappa shape index (κ3) is 3.70. The lowest BCUT2D eigenvalue weighted by Gasteiger charge is -2.42. The summed E-state index contributed by atoms with van der Waals surface area (Å²) in [7, 11) is 1.53. The van der Waals surface area contributed by atoms with Crippen molar-refractivity contribution in [3.8, 4) is 5.95 Å². The van der Waals surface area contributed by atoms with E-state index in [0.717, 1.165) is 51.9 Å². The first-order valence-electron chi connectivity index (χ1n) is 8.49. The van der Waals surface area contributed by atoms with Gasteiger partial charge in [-0.05, 0) is 50.8 Å². The minimum absolute atomic E-state index is 0.0526. The van der Waals surface area contributed by atoms with Gasteiger partial charge in [0, 0.05) is 31.8 Å². The number of furan rings is 1. The Balaban J connectivity index is 1.58. The molecule has 2 saturated heterocycles. The molecule has 0 bridgehead atoms. The first kappa shape index (κ1) is 16.3. The number of nitrogens with zero attached hydrogens (tertiary/aromatic N) is 2. The van der Waals surface area contributed by atoms with Crippen LogP contribution in [0.2, 0.25) is 0 Å². The SMILES string of the molecule is COc1ccc(C(=O)N2CCCC(N3CCC(CO)CC3)C2)o1. The monoisotopic (exact) mass is 322 g/mol. The smallest absolute Gasteiger partial charge is 0.289 e. The van der Waals surface area contributed by atoms with Gasteiger partial charge < -0.3 is 19.2 Å². The van der Waals surface area contributed by atoms with Crippen LogP contribution >= 0.6 is 0 Å². The molecule has 1 amide bonds. The fourth-order valence-corrected chi connectivity index (χ4v) is 3.64. The summed E-state index contributed by atoms with van der Waals surface area (Å²) in [4.78, 5) is 17.0. The lowest BCUT2D eigenvalue weighted by Crippen LogP contribution is -2.52. The number of amides is 1. The van der Waals surface area contributed by atoms with Crippen LogP contribution in [0.15, 0.2) is 16.5 Å². The summed E-state index contributed by atoms with van der Waals surface area (Å²) >= 11 is 0. The molecule has 0 saturated carbocycles. The number of hydrogen-bond acceptors (Lipinski definition) is 5. The Morgan fingerprint density at radius 2 is 2.09 bits per heavy atom. The van der Waals surface area contributed by atoms with Crippen LogP contribution in [0.3, 0.4) is 0 Å². The van der Waals surface area contributed by atoms with Crippen LogP contribution < -0.4 is 4.74 Å². The first-order valence-corrected chi connectivity index (χ1v) is 8.49. The molecule has 1 atom stereocenters. The van der Waals surface area contributed by atoms with Gasteiger partial charge in [0.15, 0.2) is 5.76 Å². The second-order valence-electron chi connectivity index (χ2n) is 6.53. The highest BCUT2D eigenvalue weighted by Gasteiger charge is 2.31. The van der Waals surface area contributed by atoms with Crippen LogP contribution in [0.1, 0.15) is 36.2 Å². The Labute approximate surface area is 137 Å². The summed E-state index contributed by atoms with van der Waals surface area (Å²) in [6.07, 6.45) is 4.26. The Bertz CT molecular complexity index is 522. The molecule has 2 aliphatic heterocycles. The van der Waals surface area contributed by atoms with Crippen molar-refractivity contribution in [3.63, 3.8) is 0 Å². The van der Waals surface area contributed by atoms with Crippen molar-refractivity contribution in [2.75, 3.05) is 39.9 Å². The van der Waals surface area contributed by atoms with E-state index in [2.05, 4.69) is 4.90 Å². The van der Waals surface area contributed by atoms with Crippen molar-refractivity contribution in [2.24, 2.45) is 5.92 Å². The topological polar surface area (TPSA) is 66.2 Å². The molecule has 0 radical (unpaired) electrons. The largest absolute Gasteiger partial charge is 0.468 e. The number of aliphatic hydroxyl groups excluding tert-OH is 1. The Hall–Kier alpha value is -1.53. The quantitative estimate of drug-likeness (QED) is 0.912. The van der Waals surface area contributed by atoms with Crippen LogP contribution in [-0.2, 0) is 0 Å². The minimum Gasteiger partial charge on any atom is -0.468 e. The summed E-state index contributed by atoms with van der Waals surface area (Å²) in [6, 6.07) is 3.77. The zero-order valence-electron chi connectivity index (χ0n) is 13.7. The molecule has 0 aromatic carbocycles. The molecule has 6 heteroatoms. The van der Waals surface area contributed by atoms with Crippen LogP contribution in [0, 0.1) is 5.92 Å². The van der Waals surface area contributed by atoms with Crippen molar-refractivity contribution in [3.05, 3.63) is 17.9 Å². The van der Waals surface area contributed by atoms with E-state index >= 15 is 0 Å². The average molecular weight is 322 g/mol. The zero-order chi connectivity index (χ0) is 16.2. The van der Waals surface area contributed by atoms with Crippen molar-refractivity contribution >= 4 is 5.91 Å². The van der Waals surface area contributed by atoms with E-state index in [4.69, 9.17) is 9.15 Å². The molecule has 0 aliphatic carbocycles. The number of piperidine rings is 2. The van der Waals surface area contributed by atoms with Gasteiger partial charge in [0.25, 0.3) is 11.9 Å². The van der Waals surface area contributed by atoms with Gasteiger partial charge in [-0.25, -0.2) is 0 Å². The van der Waals surface area contributed by atoms with Gasteiger partial charge >= 0.3 is 0 Å². The maximum atomic E-state index is 12.6. The lowest BCUT2D eigenvalue weighted by molar-refractivity contribution is 0.0422. The van der Waals surface area contributed by atoms with Gasteiger partial charge in [0.2, 0.25) is 0 Å². The van der Waals surface area contributed by atoms with E-state index in [0.29, 0.717) is 30.3 Å². The minimum atomic E-state index is -0.0526. The summed E-state index contributed by atoms with van der Waals surface area (Å²) < 4.78 is 10.4. The fraction of sp³-hybridized carbons (Fsp3) is 0.706. The Morgan fingerprint density at radius 1 is 1.30 bits per heavy atom. The molecule has 2 fully saturated rings. The molecule has 3 rings (SSSR count). The molecule has 128 valence electrons. The van der Waals surface area contributed by atoms with Crippen LogP contribution in [-0.4, -0.2) is 66.8 Å². The van der Waals surface area contributed by atoms with Gasteiger partial charge in [-0.3, -0.25) is 9.69 Å². The number of carbonyl (C=O) groups is 1. The highest BCUT2D eigenvalue weighted by atomic mass is 16.6. The number of rotatable bonds is 4. The van der Waals surface area contributed by atoms with Gasteiger partial charge in [0.05, 0.1) is 7.11 Å². The van der Waals surface area contributed by atoms with E-state index in [1.807, 2.05) is 4.90 Å². The Kier molecular flexibility index (Phi) is 5.23. The second-order valence-corrected chi connectivity index (χ2v) is 6.53. The zero-order valence-corrected chi connectivity index (χ0v) is 13.7. The van der Waals surface area contributed by atoms with Crippen LogP contribution in [0.4, 0.5) is 0 Å². The molecular formula is C17H26N2O4. The number of aliphatic hydroxyl groups is 1. The number of hydrogen-bond donors (Lipinski definition) is 1. The van der Waals surface area contributed by atoms with Crippen LogP contribution in [0.5, 0.6) is 5.95 Å². The molecule has 1 unspecified atom stereocenters. The second kappa shape index (κ2) is 7.36. The third-order valence-corrected chi connectivity index (χ3v) is 5.10. The van der Waals surface area contributed by atoms with E-state index in [1.165, 1.54) is 7.11 Å². The standard InChI is InChI=1S/C17H26N2O4/c1-22-16-5-4-15(23-16)17(21)19-8-2-3-14(11-19)18-9-6-13(12-20)7-10-18/h4-5,13-14,20H,2-3,6-12H2,1H3. The number of ether oxygens (including phenoxy) is 1. The highest BCUT2D eigenvalue weighted by Crippen LogP contribution is 2.25. The Morgan fingerprint density at radius 3 is 2.74 bits per heavy atom. The summed E-state index contributed by atoms with van der Waals surface area (Å²) in [6.45, 7) is 3.87. The van der Waals surface area contributed by atoms with Gasteiger partial charge in [-0.2, -0.15) is 0 Å². The molecule has 23 heavy (non-hydrogen) atoms. The average Bonchev–Trinajstić information content (AvgIpc) is 3.10. The highest BCUT2D eigenvalue weighted by molar-refractivity contribution is 5.91. The van der Waals surface area contributed by atoms with E-state index < -0.39 is 0 Å². The van der Waals surface area contributed by atoms with E-state index in [9.17, 15) is 9.90 Å². The molecule has 1 aromatic rings. The molecule has 1 aromatic heterocycles. The summed E-state index contributed by atoms with van der Waals surface area (Å²) in [5.41, 5.74) is 0. The number of likely N-dealkylation sites (tertiary alicyclic amines) is 2. The van der Waals surface area contributed by atoms with Crippen molar-refractivity contribution < 1.29 is 19.1 Å². The molecule has 0 spiro atoms. The lowest BCUT2D eigenvalue weighted by atomic mass is 9.94. The molecule has 6 nitrogen and oxygen atoms in total. The predicted molar refractivity (Wildman–Crippen MR) is 85.6 cm³/mol. The third-order valence-electron chi connectivity index (χ3n) is 5.10. The predicted octanol–water partition coefficient (Wildman–Crippen LogP) is 1.60. The summed E-state index contributed by atoms with van der Waals surface area (Å²) in [5, 5.41) is 9.26. The van der Waals surface area contributed by atoms with Crippen LogP contribution in [0.25, 0.3) is 0 Å². The van der Waals surface area contributed by atoms with Crippen molar-refractivity contribution in [2.45, 2.75) is 31.7 Å². The van der Waals surface area contributed by atoms with Gasteiger partial charge in [-0.15, -0.1) is 0 Å². The number of carbonyl (C=O) groups excluding carboxylic acids is 1. The summed E-state index contributed by atoms with van der Waals surface area (Å²) in [5.74, 6) is 1.11. The van der Waals surface area contributed by atoms with E-state index in [1.54, 1.807) is 12.1 Å². The number of methoxy groups -OCH3 is 1. The van der Waals surface area contributed by atoms with Gasteiger partial charge in [0.1, 0.15) is 0 Å². The maximum Gasteiger partial charge on any atom is 0.289 e. The normalized spacial score (nSPS) is 23.9. The molecule has 2 aliphatic rings. The molecular weight excluding hydrogens is 296 g/mol.